The Morgan fingerprint density at radius 3 is 1.74 bits per heavy atom. The lowest BCUT2D eigenvalue weighted by Gasteiger charge is -2.10. The zero-order valence-corrected chi connectivity index (χ0v) is 14.3. The molecule has 2 unspecified atom stereocenters. The smallest absolute Gasteiger partial charge is 0.0862 e. The predicted molar refractivity (Wildman–Crippen MR) is 93.4 cm³/mol. The average Bonchev–Trinajstić information content (AvgIpc) is 2.61. The Morgan fingerprint density at radius 1 is 0.609 bits per heavy atom. The molecule has 2 atom stereocenters. The number of hydrogen-bond donors (Lipinski definition) is 0. The van der Waals surface area contributed by atoms with Crippen molar-refractivity contribution in [3.05, 3.63) is 84.4 Å². The molecule has 23 heavy (non-hydrogen) atoms. The lowest BCUT2D eigenvalue weighted by molar-refractivity contribution is 0.674. The summed E-state index contributed by atoms with van der Waals surface area (Å²) < 4.78 is 25.8. The first-order valence-corrected chi connectivity index (χ1v) is 9.51. The van der Waals surface area contributed by atoms with E-state index in [2.05, 4.69) is 0 Å². The van der Waals surface area contributed by atoms with Crippen molar-refractivity contribution in [2.24, 2.45) is 0 Å². The van der Waals surface area contributed by atoms with Crippen molar-refractivity contribution in [3.8, 4) is 0 Å². The maximum Gasteiger partial charge on any atom is 0.0862 e. The maximum absolute atomic E-state index is 12.9. The van der Waals surface area contributed by atoms with E-state index >= 15 is 0 Å². The molecule has 0 aliphatic carbocycles. The van der Waals surface area contributed by atoms with Crippen LogP contribution in [-0.2, 0) is 21.6 Å². The zero-order valence-electron chi connectivity index (χ0n) is 12.6. The standard InChI is InChI=1S/C19H16O2S2/c1-15-8-7-11-17(14-15)23(21)19-13-6-5-12-18(19)22(20)16-9-3-2-4-10-16/h2-14H,1H3. The number of rotatable bonds is 4. The molecular formula is C19H16O2S2. The van der Waals surface area contributed by atoms with Gasteiger partial charge >= 0.3 is 0 Å². The Hall–Kier alpha value is -2.04. The van der Waals surface area contributed by atoms with Crippen LogP contribution in [0.15, 0.2) is 98.4 Å². The van der Waals surface area contributed by atoms with Gasteiger partial charge < -0.3 is 0 Å². The molecule has 0 saturated carbocycles. The first kappa shape index (κ1) is 15.8. The van der Waals surface area contributed by atoms with Gasteiger partial charge in [0.15, 0.2) is 0 Å². The minimum atomic E-state index is -1.36. The lowest BCUT2D eigenvalue weighted by atomic mass is 10.2. The van der Waals surface area contributed by atoms with Crippen molar-refractivity contribution < 1.29 is 8.42 Å². The summed E-state index contributed by atoms with van der Waals surface area (Å²) >= 11 is 0. The molecule has 0 bridgehead atoms. The molecule has 3 aromatic rings. The first-order chi connectivity index (χ1) is 11.2. The summed E-state index contributed by atoms with van der Waals surface area (Å²) in [6.07, 6.45) is 0. The fraction of sp³-hybridized carbons (Fsp3) is 0.0526. The van der Waals surface area contributed by atoms with Crippen LogP contribution in [0.4, 0.5) is 0 Å². The van der Waals surface area contributed by atoms with Crippen LogP contribution < -0.4 is 0 Å². The molecule has 0 aliphatic rings. The van der Waals surface area contributed by atoms with Gasteiger partial charge in [-0.15, -0.1) is 0 Å². The first-order valence-electron chi connectivity index (χ1n) is 7.21. The van der Waals surface area contributed by atoms with Gasteiger partial charge in [0.05, 0.1) is 31.4 Å². The summed E-state index contributed by atoms with van der Waals surface area (Å²) in [5.74, 6) is 0. The van der Waals surface area contributed by atoms with Crippen LogP contribution in [0.3, 0.4) is 0 Å². The van der Waals surface area contributed by atoms with Crippen molar-refractivity contribution in [1.82, 2.24) is 0 Å². The molecule has 2 nitrogen and oxygen atoms in total. The minimum Gasteiger partial charge on any atom is -0.249 e. The highest BCUT2D eigenvalue weighted by molar-refractivity contribution is 7.88. The Labute approximate surface area is 141 Å². The van der Waals surface area contributed by atoms with Crippen LogP contribution in [-0.4, -0.2) is 8.42 Å². The molecule has 0 amide bonds. The van der Waals surface area contributed by atoms with Gasteiger partial charge in [-0.25, -0.2) is 8.42 Å². The van der Waals surface area contributed by atoms with E-state index in [1.54, 1.807) is 12.1 Å². The van der Waals surface area contributed by atoms with Crippen molar-refractivity contribution in [3.63, 3.8) is 0 Å². The quantitative estimate of drug-likeness (QED) is 0.708. The van der Waals surface area contributed by atoms with E-state index in [-0.39, 0.29) is 0 Å². The largest absolute Gasteiger partial charge is 0.249 e. The number of hydrogen-bond acceptors (Lipinski definition) is 2. The van der Waals surface area contributed by atoms with Crippen LogP contribution in [0.1, 0.15) is 5.56 Å². The van der Waals surface area contributed by atoms with Gasteiger partial charge in [-0.2, -0.15) is 0 Å². The van der Waals surface area contributed by atoms with E-state index in [0.717, 1.165) is 10.5 Å². The van der Waals surface area contributed by atoms with Gasteiger partial charge in [-0.3, -0.25) is 0 Å². The van der Waals surface area contributed by atoms with Gasteiger partial charge in [-0.05, 0) is 48.9 Å². The van der Waals surface area contributed by atoms with Crippen LogP contribution in [0.25, 0.3) is 0 Å². The van der Waals surface area contributed by atoms with Crippen LogP contribution >= 0.6 is 0 Å². The Morgan fingerprint density at radius 2 is 1.13 bits per heavy atom. The summed E-state index contributed by atoms with van der Waals surface area (Å²) in [6.45, 7) is 1.97. The van der Waals surface area contributed by atoms with Crippen molar-refractivity contribution in [2.75, 3.05) is 0 Å². The van der Waals surface area contributed by atoms with E-state index in [1.807, 2.05) is 73.7 Å². The topological polar surface area (TPSA) is 34.1 Å². The van der Waals surface area contributed by atoms with Gasteiger partial charge in [-0.1, -0.05) is 42.5 Å². The van der Waals surface area contributed by atoms with Gasteiger partial charge in [0.2, 0.25) is 0 Å². The van der Waals surface area contributed by atoms with E-state index in [9.17, 15) is 8.42 Å². The van der Waals surface area contributed by atoms with E-state index < -0.39 is 21.6 Å². The number of aryl methyl sites for hydroxylation is 1. The summed E-state index contributed by atoms with van der Waals surface area (Å²) in [7, 11) is -2.71. The van der Waals surface area contributed by atoms with Gasteiger partial charge in [0.1, 0.15) is 0 Å². The summed E-state index contributed by atoms with van der Waals surface area (Å²) in [5, 5.41) is 0. The SMILES string of the molecule is Cc1cccc(S(=O)c2ccccc2S(=O)c2ccccc2)c1. The maximum atomic E-state index is 12.9. The van der Waals surface area contributed by atoms with Crippen molar-refractivity contribution in [2.45, 2.75) is 26.5 Å². The molecule has 0 aromatic heterocycles. The third kappa shape index (κ3) is 3.49. The zero-order chi connectivity index (χ0) is 16.2. The molecular weight excluding hydrogens is 324 g/mol. The molecule has 3 aromatic carbocycles. The van der Waals surface area contributed by atoms with Crippen LogP contribution in [0.5, 0.6) is 0 Å². The minimum absolute atomic E-state index is 0.596. The summed E-state index contributed by atoms with van der Waals surface area (Å²) in [4.78, 5) is 2.63. The highest BCUT2D eigenvalue weighted by atomic mass is 32.2. The molecule has 0 spiro atoms. The fourth-order valence-electron chi connectivity index (χ4n) is 2.29. The van der Waals surface area contributed by atoms with Crippen LogP contribution in [0, 0.1) is 6.92 Å². The summed E-state index contributed by atoms with van der Waals surface area (Å²) in [5.41, 5.74) is 1.05. The molecule has 4 heteroatoms. The highest BCUT2D eigenvalue weighted by Gasteiger charge is 2.17. The Bertz CT molecular complexity index is 873. The molecule has 0 fully saturated rings. The van der Waals surface area contributed by atoms with E-state index in [1.165, 1.54) is 0 Å². The second kappa shape index (κ2) is 7.02. The average molecular weight is 340 g/mol. The third-order valence-corrected chi connectivity index (χ3v) is 6.43. The molecule has 116 valence electrons. The van der Waals surface area contributed by atoms with Crippen LogP contribution in [0.2, 0.25) is 0 Å². The van der Waals surface area contributed by atoms with Gasteiger partial charge in [0, 0.05) is 9.79 Å². The molecule has 0 N–H and O–H groups in total. The molecule has 0 aliphatic heterocycles. The summed E-state index contributed by atoms with van der Waals surface area (Å²) in [6, 6.07) is 24.1. The number of benzene rings is 3. The third-order valence-electron chi connectivity index (χ3n) is 3.41. The Kier molecular flexibility index (Phi) is 4.84. The molecule has 3 rings (SSSR count). The second-order valence-corrected chi connectivity index (χ2v) is 8.01. The van der Waals surface area contributed by atoms with E-state index in [0.29, 0.717) is 14.7 Å². The van der Waals surface area contributed by atoms with Crippen molar-refractivity contribution in [1.29, 1.82) is 0 Å². The highest BCUT2D eigenvalue weighted by Crippen LogP contribution is 2.26. The predicted octanol–water partition coefficient (Wildman–Crippen LogP) is 4.33. The second-order valence-electron chi connectivity index (χ2n) is 5.11. The Balaban J connectivity index is 2.05. The monoisotopic (exact) mass is 340 g/mol. The van der Waals surface area contributed by atoms with E-state index in [4.69, 9.17) is 0 Å². The molecule has 0 heterocycles. The van der Waals surface area contributed by atoms with Gasteiger partial charge in [0.25, 0.3) is 0 Å². The van der Waals surface area contributed by atoms with Crippen molar-refractivity contribution >= 4 is 21.6 Å². The molecule has 0 saturated heterocycles. The lowest BCUT2D eigenvalue weighted by Crippen LogP contribution is -2.01. The molecule has 0 radical (unpaired) electrons. The normalized spacial score (nSPS) is 13.4. The fourth-order valence-corrected chi connectivity index (χ4v) is 5.05.